The number of carbonyl (C=O) groups excluding carboxylic acids is 1. The maximum absolute atomic E-state index is 11.1. The first kappa shape index (κ1) is 12.0. The molecule has 0 aromatic carbocycles. The summed E-state index contributed by atoms with van der Waals surface area (Å²) in [4.78, 5) is 11.1. The molecule has 1 N–H and O–H groups in total. The highest BCUT2D eigenvalue weighted by atomic mass is 32.2. The molecule has 1 rings (SSSR count). The molecule has 0 radical (unpaired) electrons. The predicted octanol–water partition coefficient (Wildman–Crippen LogP) is 1.42. The van der Waals surface area contributed by atoms with Crippen LogP contribution >= 0.6 is 11.8 Å². The lowest BCUT2D eigenvalue weighted by Crippen LogP contribution is -2.24. The lowest BCUT2D eigenvalue weighted by molar-refractivity contribution is -0.118. The molecule has 0 unspecified atom stereocenters. The van der Waals surface area contributed by atoms with E-state index in [1.165, 1.54) is 11.8 Å². The maximum atomic E-state index is 11.1. The Hall–Kier alpha value is -1.04. The Balaban J connectivity index is 2.41. The fourth-order valence-corrected chi connectivity index (χ4v) is 1.49. The number of carbonyl (C=O) groups is 1. The number of hydrogen-bond donors (Lipinski definition) is 1. The fourth-order valence-electron chi connectivity index (χ4n) is 0.888. The molecule has 0 saturated heterocycles. The molecule has 84 valence electrons. The van der Waals surface area contributed by atoms with E-state index in [1.807, 2.05) is 20.8 Å². The van der Waals surface area contributed by atoms with E-state index in [-0.39, 0.29) is 11.8 Å². The van der Waals surface area contributed by atoms with Gasteiger partial charge in [0.1, 0.15) is 0 Å². The summed E-state index contributed by atoms with van der Waals surface area (Å²) in [6.45, 7) is 6.48. The number of rotatable bonds is 5. The van der Waals surface area contributed by atoms with Crippen LogP contribution in [0.1, 0.15) is 32.6 Å². The van der Waals surface area contributed by atoms with E-state index in [4.69, 9.17) is 4.42 Å². The number of hydrogen-bond acceptors (Lipinski definition) is 5. The van der Waals surface area contributed by atoms with E-state index in [1.54, 1.807) is 0 Å². The van der Waals surface area contributed by atoms with Crippen molar-refractivity contribution in [3.63, 3.8) is 0 Å². The number of aromatic nitrogens is 2. The summed E-state index contributed by atoms with van der Waals surface area (Å²) in [5.41, 5.74) is 0. The van der Waals surface area contributed by atoms with Crippen LogP contribution in [0.15, 0.2) is 9.64 Å². The van der Waals surface area contributed by atoms with E-state index in [0.29, 0.717) is 23.4 Å². The van der Waals surface area contributed by atoms with Gasteiger partial charge in [0, 0.05) is 12.5 Å². The van der Waals surface area contributed by atoms with Gasteiger partial charge >= 0.3 is 0 Å². The van der Waals surface area contributed by atoms with Crippen LogP contribution in [0.3, 0.4) is 0 Å². The minimum absolute atomic E-state index is 0.0215. The molecule has 0 aliphatic rings. The zero-order chi connectivity index (χ0) is 11.3. The average Bonchev–Trinajstić information content (AvgIpc) is 2.63. The Morgan fingerprint density at radius 1 is 1.53 bits per heavy atom. The second kappa shape index (κ2) is 5.75. The quantitative estimate of drug-likeness (QED) is 0.773. The summed E-state index contributed by atoms with van der Waals surface area (Å²) in [7, 11) is 0. The molecule has 0 saturated carbocycles. The molecule has 0 fully saturated rings. The van der Waals surface area contributed by atoms with Crippen molar-refractivity contribution in [1.29, 1.82) is 0 Å². The van der Waals surface area contributed by atoms with Gasteiger partial charge in [-0.3, -0.25) is 4.79 Å². The van der Waals surface area contributed by atoms with Gasteiger partial charge in [-0.15, -0.1) is 10.2 Å². The lowest BCUT2D eigenvalue weighted by atomic mass is 10.2. The van der Waals surface area contributed by atoms with Crippen LogP contribution in [-0.4, -0.2) is 28.4 Å². The maximum Gasteiger partial charge on any atom is 0.277 e. The molecular formula is C9H15N3O2S. The highest BCUT2D eigenvalue weighted by Gasteiger charge is 2.11. The summed E-state index contributed by atoms with van der Waals surface area (Å²) in [6.07, 6.45) is 0. The number of nitrogens with zero attached hydrogens (tertiary/aromatic N) is 2. The summed E-state index contributed by atoms with van der Waals surface area (Å²) in [5.74, 6) is 1.12. The average molecular weight is 229 g/mol. The second-order valence-electron chi connectivity index (χ2n) is 3.30. The van der Waals surface area contributed by atoms with Crippen LogP contribution in [0.4, 0.5) is 0 Å². The van der Waals surface area contributed by atoms with E-state index in [0.717, 1.165) is 0 Å². The standard InChI is InChI=1S/C9H15N3O2S/c1-4-10-7(13)5-15-9-12-11-8(14-9)6(2)3/h6H,4-5H2,1-3H3,(H,10,13). The number of thioether (sulfide) groups is 1. The predicted molar refractivity (Wildman–Crippen MR) is 57.8 cm³/mol. The Morgan fingerprint density at radius 2 is 2.27 bits per heavy atom. The van der Waals surface area contributed by atoms with Gasteiger partial charge in [-0.1, -0.05) is 25.6 Å². The van der Waals surface area contributed by atoms with Crippen molar-refractivity contribution in [1.82, 2.24) is 15.5 Å². The van der Waals surface area contributed by atoms with Gasteiger partial charge in [-0.25, -0.2) is 0 Å². The van der Waals surface area contributed by atoms with E-state index in [2.05, 4.69) is 15.5 Å². The SMILES string of the molecule is CCNC(=O)CSc1nnc(C(C)C)o1. The van der Waals surface area contributed by atoms with Gasteiger partial charge in [-0.05, 0) is 6.92 Å². The van der Waals surface area contributed by atoms with Crippen molar-refractivity contribution >= 4 is 17.7 Å². The summed E-state index contributed by atoms with van der Waals surface area (Å²) in [6, 6.07) is 0. The third-order valence-electron chi connectivity index (χ3n) is 1.62. The third kappa shape index (κ3) is 3.91. The first-order chi connectivity index (χ1) is 7.13. The van der Waals surface area contributed by atoms with Crippen molar-refractivity contribution in [2.24, 2.45) is 0 Å². The smallest absolute Gasteiger partial charge is 0.277 e. The molecule has 6 heteroatoms. The van der Waals surface area contributed by atoms with Gasteiger partial charge in [-0.2, -0.15) is 0 Å². The van der Waals surface area contributed by atoms with Crippen LogP contribution in [-0.2, 0) is 4.79 Å². The molecule has 5 nitrogen and oxygen atoms in total. The highest BCUT2D eigenvalue weighted by Crippen LogP contribution is 2.19. The summed E-state index contributed by atoms with van der Waals surface area (Å²) < 4.78 is 5.33. The van der Waals surface area contributed by atoms with Crippen molar-refractivity contribution in [2.45, 2.75) is 31.9 Å². The molecule has 0 bridgehead atoms. The molecule has 0 aliphatic heterocycles. The number of nitrogens with one attached hydrogen (secondary N) is 1. The van der Waals surface area contributed by atoms with Crippen LogP contribution in [0.2, 0.25) is 0 Å². The fraction of sp³-hybridized carbons (Fsp3) is 0.667. The monoisotopic (exact) mass is 229 g/mol. The van der Waals surface area contributed by atoms with Crippen molar-refractivity contribution in [3.05, 3.63) is 5.89 Å². The topological polar surface area (TPSA) is 68.0 Å². The summed E-state index contributed by atoms with van der Waals surface area (Å²) in [5, 5.41) is 10.9. The Kier molecular flexibility index (Phi) is 4.61. The van der Waals surface area contributed by atoms with E-state index in [9.17, 15) is 4.79 Å². The minimum Gasteiger partial charge on any atom is -0.416 e. The van der Waals surface area contributed by atoms with Crippen LogP contribution in [0, 0.1) is 0 Å². The second-order valence-corrected chi connectivity index (χ2v) is 4.23. The van der Waals surface area contributed by atoms with Crippen molar-refractivity contribution in [3.8, 4) is 0 Å². The van der Waals surface area contributed by atoms with Gasteiger partial charge < -0.3 is 9.73 Å². The van der Waals surface area contributed by atoms with E-state index < -0.39 is 0 Å². The normalized spacial score (nSPS) is 10.7. The molecule has 15 heavy (non-hydrogen) atoms. The Morgan fingerprint density at radius 3 is 2.80 bits per heavy atom. The Bertz CT molecular complexity index is 325. The Labute approximate surface area is 93.0 Å². The molecular weight excluding hydrogens is 214 g/mol. The summed E-state index contributed by atoms with van der Waals surface area (Å²) >= 11 is 1.25. The molecule has 1 heterocycles. The first-order valence-corrected chi connectivity index (χ1v) is 5.85. The molecule has 0 aliphatic carbocycles. The first-order valence-electron chi connectivity index (χ1n) is 4.86. The zero-order valence-electron chi connectivity index (χ0n) is 9.11. The molecule has 1 aromatic heterocycles. The van der Waals surface area contributed by atoms with Gasteiger partial charge in [0.15, 0.2) is 0 Å². The van der Waals surface area contributed by atoms with Crippen molar-refractivity contribution in [2.75, 3.05) is 12.3 Å². The molecule has 1 amide bonds. The molecule has 1 aromatic rings. The van der Waals surface area contributed by atoms with Crippen molar-refractivity contribution < 1.29 is 9.21 Å². The minimum atomic E-state index is -0.0215. The van der Waals surface area contributed by atoms with Gasteiger partial charge in [0.25, 0.3) is 5.22 Å². The van der Waals surface area contributed by atoms with Crippen LogP contribution in [0.5, 0.6) is 0 Å². The lowest BCUT2D eigenvalue weighted by Gasteiger charge is -1.98. The van der Waals surface area contributed by atoms with Crippen LogP contribution < -0.4 is 5.32 Å². The molecule has 0 atom stereocenters. The zero-order valence-corrected chi connectivity index (χ0v) is 9.93. The number of amides is 1. The highest BCUT2D eigenvalue weighted by molar-refractivity contribution is 7.99. The van der Waals surface area contributed by atoms with Crippen LogP contribution in [0.25, 0.3) is 0 Å². The largest absolute Gasteiger partial charge is 0.416 e. The third-order valence-corrected chi connectivity index (χ3v) is 2.44. The van der Waals surface area contributed by atoms with Gasteiger partial charge in [0.2, 0.25) is 11.8 Å². The van der Waals surface area contributed by atoms with E-state index >= 15 is 0 Å². The van der Waals surface area contributed by atoms with Gasteiger partial charge in [0.05, 0.1) is 5.75 Å². The molecule has 0 spiro atoms.